The summed E-state index contributed by atoms with van der Waals surface area (Å²) in [5.41, 5.74) is 0.848. The van der Waals surface area contributed by atoms with E-state index < -0.39 is 0 Å². The Balaban J connectivity index is 1.77. The van der Waals surface area contributed by atoms with E-state index in [1.54, 1.807) is 6.07 Å². The lowest BCUT2D eigenvalue weighted by Crippen LogP contribution is -2.49. The van der Waals surface area contributed by atoms with Crippen LogP contribution >= 0.6 is 11.6 Å². The summed E-state index contributed by atoms with van der Waals surface area (Å²) < 4.78 is 12.9. The Bertz CT molecular complexity index is 463. The molecule has 1 saturated heterocycles. The van der Waals surface area contributed by atoms with Gasteiger partial charge in [0.15, 0.2) is 0 Å². The molecule has 1 unspecified atom stereocenters. The summed E-state index contributed by atoms with van der Waals surface area (Å²) in [6.07, 6.45) is 0.612. The first-order valence-corrected chi connectivity index (χ1v) is 6.88. The molecule has 1 fully saturated rings. The number of rotatable bonds is 5. The minimum Gasteiger partial charge on any atom is -0.356 e. The van der Waals surface area contributed by atoms with Crippen molar-refractivity contribution in [3.05, 3.63) is 34.6 Å². The van der Waals surface area contributed by atoms with E-state index in [4.69, 9.17) is 11.6 Å². The average molecular weight is 285 g/mol. The minimum absolute atomic E-state index is 0.0324. The number of halogens is 2. The quantitative estimate of drug-likeness (QED) is 0.868. The molecule has 2 N–H and O–H groups in total. The van der Waals surface area contributed by atoms with E-state index in [-0.39, 0.29) is 17.6 Å². The van der Waals surface area contributed by atoms with Crippen LogP contribution in [0.15, 0.2) is 18.2 Å². The van der Waals surface area contributed by atoms with Gasteiger partial charge in [-0.2, -0.15) is 0 Å². The van der Waals surface area contributed by atoms with Crippen molar-refractivity contribution in [2.24, 2.45) is 11.8 Å². The maximum Gasteiger partial charge on any atom is 0.223 e. The van der Waals surface area contributed by atoms with Crippen LogP contribution < -0.4 is 10.6 Å². The molecule has 104 valence electrons. The summed E-state index contributed by atoms with van der Waals surface area (Å²) in [4.78, 5) is 11.9. The topological polar surface area (TPSA) is 41.1 Å². The highest BCUT2D eigenvalue weighted by molar-refractivity contribution is 6.31. The summed E-state index contributed by atoms with van der Waals surface area (Å²) in [5, 5.41) is 6.47. The molecule has 1 atom stereocenters. The van der Waals surface area contributed by atoms with Gasteiger partial charge >= 0.3 is 0 Å². The highest BCUT2D eigenvalue weighted by atomic mass is 35.5. The van der Waals surface area contributed by atoms with E-state index in [1.807, 2.05) is 6.92 Å². The highest BCUT2D eigenvalue weighted by Crippen LogP contribution is 2.18. The number of carbonyl (C=O) groups is 1. The van der Waals surface area contributed by atoms with Crippen LogP contribution in [-0.4, -0.2) is 25.5 Å². The van der Waals surface area contributed by atoms with Crippen LogP contribution in [0.5, 0.6) is 0 Å². The highest BCUT2D eigenvalue weighted by Gasteiger charge is 2.28. The standard InChI is InChI=1S/C14H18ClFN2O/c1-9(11-7-17-8-11)14(19)18-5-4-10-2-3-12(16)6-13(10)15/h2-3,6,9,11,17H,4-5,7-8H2,1H3,(H,18,19). The minimum atomic E-state index is -0.344. The second-order valence-corrected chi connectivity index (χ2v) is 5.39. The molecule has 2 rings (SSSR count). The van der Waals surface area contributed by atoms with E-state index in [2.05, 4.69) is 10.6 Å². The van der Waals surface area contributed by atoms with Crippen LogP contribution in [-0.2, 0) is 11.2 Å². The van der Waals surface area contributed by atoms with Crippen molar-refractivity contribution in [2.75, 3.05) is 19.6 Å². The summed E-state index contributed by atoms with van der Waals surface area (Å²) in [7, 11) is 0. The van der Waals surface area contributed by atoms with Crippen molar-refractivity contribution < 1.29 is 9.18 Å². The van der Waals surface area contributed by atoms with Gasteiger partial charge < -0.3 is 10.6 Å². The van der Waals surface area contributed by atoms with Crippen LogP contribution in [0.4, 0.5) is 4.39 Å². The van der Waals surface area contributed by atoms with Gasteiger partial charge in [-0.1, -0.05) is 24.6 Å². The molecule has 0 aromatic heterocycles. The fraction of sp³-hybridized carbons (Fsp3) is 0.500. The van der Waals surface area contributed by atoms with Gasteiger partial charge in [-0.15, -0.1) is 0 Å². The number of nitrogens with one attached hydrogen (secondary N) is 2. The molecule has 1 aliphatic rings. The third-order valence-corrected chi connectivity index (χ3v) is 3.99. The van der Waals surface area contributed by atoms with Crippen molar-refractivity contribution in [1.82, 2.24) is 10.6 Å². The number of benzene rings is 1. The van der Waals surface area contributed by atoms with Gasteiger partial charge in [0, 0.05) is 17.5 Å². The largest absolute Gasteiger partial charge is 0.356 e. The fourth-order valence-electron chi connectivity index (χ4n) is 2.08. The first kappa shape index (κ1) is 14.3. The Morgan fingerprint density at radius 1 is 1.58 bits per heavy atom. The Hall–Kier alpha value is -1.13. The molecule has 1 amide bonds. The molecular weight excluding hydrogens is 267 g/mol. The summed E-state index contributed by atoms with van der Waals surface area (Å²) in [5.74, 6) is 0.202. The first-order chi connectivity index (χ1) is 9.08. The molecule has 1 aliphatic heterocycles. The van der Waals surface area contributed by atoms with Gasteiger partial charge in [0.25, 0.3) is 0 Å². The molecule has 0 radical (unpaired) electrons. The molecule has 0 bridgehead atoms. The van der Waals surface area contributed by atoms with Crippen LogP contribution in [0.1, 0.15) is 12.5 Å². The number of amides is 1. The first-order valence-electron chi connectivity index (χ1n) is 6.50. The second kappa shape index (κ2) is 6.35. The number of carbonyl (C=O) groups excluding carboxylic acids is 1. The molecule has 3 nitrogen and oxygen atoms in total. The molecule has 1 aromatic rings. The zero-order chi connectivity index (χ0) is 13.8. The van der Waals surface area contributed by atoms with Crippen LogP contribution in [0.3, 0.4) is 0 Å². The van der Waals surface area contributed by atoms with Gasteiger partial charge in [-0.3, -0.25) is 4.79 Å². The van der Waals surface area contributed by atoms with E-state index in [1.165, 1.54) is 12.1 Å². The SMILES string of the molecule is CC(C(=O)NCCc1ccc(F)cc1Cl)C1CNC1. The lowest BCUT2D eigenvalue weighted by molar-refractivity contribution is -0.126. The predicted molar refractivity (Wildman–Crippen MR) is 73.6 cm³/mol. The Labute approximate surface area is 117 Å². The van der Waals surface area contributed by atoms with E-state index in [0.29, 0.717) is 23.9 Å². The average Bonchev–Trinajstić information content (AvgIpc) is 2.29. The van der Waals surface area contributed by atoms with E-state index >= 15 is 0 Å². The molecule has 0 spiro atoms. The predicted octanol–water partition coefficient (Wildman–Crippen LogP) is 1.99. The Morgan fingerprint density at radius 3 is 2.89 bits per heavy atom. The number of hydrogen-bond donors (Lipinski definition) is 2. The fourth-order valence-corrected chi connectivity index (χ4v) is 2.35. The van der Waals surface area contributed by atoms with Gasteiger partial charge in [-0.25, -0.2) is 4.39 Å². The lowest BCUT2D eigenvalue weighted by Gasteiger charge is -2.31. The van der Waals surface area contributed by atoms with Gasteiger partial charge in [-0.05, 0) is 43.1 Å². The van der Waals surface area contributed by atoms with Crippen molar-refractivity contribution in [2.45, 2.75) is 13.3 Å². The Morgan fingerprint density at radius 2 is 2.32 bits per heavy atom. The third-order valence-electron chi connectivity index (χ3n) is 3.64. The maximum absolute atomic E-state index is 12.9. The summed E-state index contributed by atoms with van der Waals surface area (Å²) >= 11 is 5.93. The summed E-state index contributed by atoms with van der Waals surface area (Å²) in [6.45, 7) is 4.30. The third kappa shape index (κ3) is 3.67. The summed E-state index contributed by atoms with van der Waals surface area (Å²) in [6, 6.07) is 4.33. The Kier molecular flexibility index (Phi) is 4.77. The van der Waals surface area contributed by atoms with Crippen LogP contribution in [0.2, 0.25) is 5.02 Å². The molecular formula is C14H18ClFN2O. The van der Waals surface area contributed by atoms with E-state index in [0.717, 1.165) is 18.7 Å². The monoisotopic (exact) mass is 284 g/mol. The van der Waals surface area contributed by atoms with E-state index in [9.17, 15) is 9.18 Å². The lowest BCUT2D eigenvalue weighted by atomic mass is 9.88. The van der Waals surface area contributed by atoms with Crippen molar-refractivity contribution in [1.29, 1.82) is 0 Å². The van der Waals surface area contributed by atoms with Gasteiger partial charge in [0.05, 0.1) is 0 Å². The van der Waals surface area contributed by atoms with Crippen LogP contribution in [0.25, 0.3) is 0 Å². The zero-order valence-electron chi connectivity index (χ0n) is 10.9. The van der Waals surface area contributed by atoms with Gasteiger partial charge in [0.1, 0.15) is 5.82 Å². The molecule has 1 heterocycles. The van der Waals surface area contributed by atoms with Crippen molar-refractivity contribution >= 4 is 17.5 Å². The van der Waals surface area contributed by atoms with Crippen LogP contribution in [0, 0.1) is 17.7 Å². The normalized spacial score (nSPS) is 16.8. The van der Waals surface area contributed by atoms with Crippen molar-refractivity contribution in [3.63, 3.8) is 0 Å². The molecule has 0 saturated carbocycles. The zero-order valence-corrected chi connectivity index (χ0v) is 11.6. The van der Waals surface area contributed by atoms with Gasteiger partial charge in [0.2, 0.25) is 5.91 Å². The molecule has 1 aromatic carbocycles. The smallest absolute Gasteiger partial charge is 0.223 e. The molecule has 19 heavy (non-hydrogen) atoms. The second-order valence-electron chi connectivity index (χ2n) is 4.98. The van der Waals surface area contributed by atoms with Crippen molar-refractivity contribution in [3.8, 4) is 0 Å². The maximum atomic E-state index is 12.9. The number of hydrogen-bond acceptors (Lipinski definition) is 2. The molecule has 5 heteroatoms. The molecule has 0 aliphatic carbocycles.